The van der Waals surface area contributed by atoms with E-state index in [1.807, 2.05) is 24.3 Å². The van der Waals surface area contributed by atoms with Crippen LogP contribution in [0.25, 0.3) is 0 Å². The van der Waals surface area contributed by atoms with Gasteiger partial charge in [0.2, 0.25) is 0 Å². The number of aromatic nitrogens is 2. The van der Waals surface area contributed by atoms with Crippen LogP contribution in [-0.4, -0.2) is 23.0 Å². The lowest BCUT2D eigenvalue weighted by molar-refractivity contribution is 0.0594. The number of carbonyl (C=O) groups is 1. The number of esters is 1. The maximum Gasteiger partial charge on any atom is 0.356 e. The van der Waals surface area contributed by atoms with E-state index in [-0.39, 0.29) is 0 Å². The Morgan fingerprint density at radius 1 is 1.41 bits per heavy atom. The summed E-state index contributed by atoms with van der Waals surface area (Å²) in [7, 11) is 1.35. The van der Waals surface area contributed by atoms with Gasteiger partial charge in [-0.3, -0.25) is 0 Å². The second kappa shape index (κ2) is 5.31. The maximum atomic E-state index is 11.2. The van der Waals surface area contributed by atoms with Gasteiger partial charge in [0.15, 0.2) is 0 Å². The molecule has 1 N–H and O–H groups in total. The third-order valence-electron chi connectivity index (χ3n) is 2.32. The molecular weight excluding hydrogens is 331 g/mol. The van der Waals surface area contributed by atoms with Gasteiger partial charge in [-0.2, -0.15) is 0 Å². The predicted molar refractivity (Wildman–Crippen MR) is 71.9 cm³/mol. The molecule has 0 fully saturated rings. The standard InChI is InChI=1S/C12H11IN2O2/c1-17-12(16)10-7-14-11(15-10)6-8-2-4-9(13)5-3-8/h2-5,7H,6H2,1H3,(H,14,15). The zero-order valence-electron chi connectivity index (χ0n) is 9.24. The van der Waals surface area contributed by atoms with E-state index in [1.54, 1.807) is 0 Å². The molecule has 1 aromatic carbocycles. The fraction of sp³-hybridized carbons (Fsp3) is 0.167. The van der Waals surface area contributed by atoms with Gasteiger partial charge in [-0.1, -0.05) is 12.1 Å². The third-order valence-corrected chi connectivity index (χ3v) is 3.04. The van der Waals surface area contributed by atoms with Crippen LogP contribution in [0, 0.1) is 3.57 Å². The number of methoxy groups -OCH3 is 1. The van der Waals surface area contributed by atoms with Gasteiger partial charge in [-0.05, 0) is 40.3 Å². The number of carbonyl (C=O) groups excluding carboxylic acids is 1. The average Bonchev–Trinajstić information content (AvgIpc) is 2.80. The van der Waals surface area contributed by atoms with E-state index < -0.39 is 5.97 Å². The van der Waals surface area contributed by atoms with Gasteiger partial charge >= 0.3 is 5.97 Å². The summed E-state index contributed by atoms with van der Waals surface area (Å²) in [6.45, 7) is 0. The molecule has 88 valence electrons. The Balaban J connectivity index is 2.11. The highest BCUT2D eigenvalue weighted by molar-refractivity contribution is 14.1. The van der Waals surface area contributed by atoms with Crippen LogP contribution in [-0.2, 0) is 11.2 Å². The lowest BCUT2D eigenvalue weighted by Gasteiger charge is -1.98. The largest absolute Gasteiger partial charge is 0.464 e. The summed E-state index contributed by atoms with van der Waals surface area (Å²) in [5.41, 5.74) is 1.53. The number of ether oxygens (including phenoxy) is 1. The van der Waals surface area contributed by atoms with Crippen LogP contribution in [0.15, 0.2) is 30.5 Å². The number of nitrogens with one attached hydrogen (secondary N) is 1. The molecule has 0 atom stereocenters. The molecule has 0 saturated heterocycles. The Kier molecular flexibility index (Phi) is 3.78. The average molecular weight is 342 g/mol. The molecule has 0 bridgehead atoms. The summed E-state index contributed by atoms with van der Waals surface area (Å²) in [6.07, 6.45) is 2.17. The van der Waals surface area contributed by atoms with Crippen molar-refractivity contribution >= 4 is 28.6 Å². The van der Waals surface area contributed by atoms with Gasteiger partial charge in [0.1, 0.15) is 11.5 Å². The van der Waals surface area contributed by atoms with Crippen molar-refractivity contribution in [2.45, 2.75) is 6.42 Å². The van der Waals surface area contributed by atoms with E-state index in [0.29, 0.717) is 12.1 Å². The minimum atomic E-state index is -0.397. The predicted octanol–water partition coefficient (Wildman–Crippen LogP) is 2.39. The van der Waals surface area contributed by atoms with E-state index in [2.05, 4.69) is 37.3 Å². The quantitative estimate of drug-likeness (QED) is 0.688. The van der Waals surface area contributed by atoms with Crippen molar-refractivity contribution in [3.05, 3.63) is 51.1 Å². The Morgan fingerprint density at radius 3 is 2.76 bits per heavy atom. The molecule has 1 aromatic heterocycles. The molecule has 2 rings (SSSR count). The van der Waals surface area contributed by atoms with Gasteiger partial charge in [0.05, 0.1) is 13.3 Å². The van der Waals surface area contributed by atoms with Crippen LogP contribution in [0.3, 0.4) is 0 Å². The summed E-state index contributed by atoms with van der Waals surface area (Å²) in [6, 6.07) is 8.17. The molecule has 0 saturated carbocycles. The number of H-pyrrole nitrogens is 1. The molecule has 0 aliphatic heterocycles. The van der Waals surface area contributed by atoms with Gasteiger partial charge in [0, 0.05) is 9.99 Å². The lowest BCUT2D eigenvalue weighted by Crippen LogP contribution is -2.01. The topological polar surface area (TPSA) is 55.0 Å². The first-order valence-electron chi connectivity index (χ1n) is 5.05. The molecule has 0 aliphatic rings. The molecule has 1 heterocycles. The zero-order chi connectivity index (χ0) is 12.3. The van der Waals surface area contributed by atoms with E-state index in [4.69, 9.17) is 0 Å². The van der Waals surface area contributed by atoms with Gasteiger partial charge < -0.3 is 9.72 Å². The van der Waals surface area contributed by atoms with Crippen molar-refractivity contribution in [3.8, 4) is 0 Å². The van der Waals surface area contributed by atoms with Crippen LogP contribution in [0.1, 0.15) is 21.9 Å². The summed E-state index contributed by atoms with van der Waals surface area (Å²) in [5, 5.41) is 0. The molecule has 17 heavy (non-hydrogen) atoms. The van der Waals surface area contributed by atoms with E-state index in [1.165, 1.54) is 16.9 Å². The smallest absolute Gasteiger partial charge is 0.356 e. The second-order valence-corrected chi connectivity index (χ2v) is 4.78. The number of benzene rings is 1. The lowest BCUT2D eigenvalue weighted by atomic mass is 10.1. The number of rotatable bonds is 3. The molecular formula is C12H11IN2O2. The van der Waals surface area contributed by atoms with Crippen molar-refractivity contribution in [1.29, 1.82) is 0 Å². The number of hydrogen-bond donors (Lipinski definition) is 1. The highest BCUT2D eigenvalue weighted by Crippen LogP contribution is 2.10. The van der Waals surface area contributed by atoms with Crippen molar-refractivity contribution in [1.82, 2.24) is 9.97 Å². The van der Waals surface area contributed by atoms with Crippen LogP contribution in [0.5, 0.6) is 0 Å². The number of hydrogen-bond acceptors (Lipinski definition) is 3. The first kappa shape index (κ1) is 12.1. The van der Waals surface area contributed by atoms with Gasteiger partial charge in [-0.15, -0.1) is 0 Å². The summed E-state index contributed by atoms with van der Waals surface area (Å²) >= 11 is 2.26. The highest BCUT2D eigenvalue weighted by Gasteiger charge is 2.09. The van der Waals surface area contributed by atoms with Crippen molar-refractivity contribution in [2.24, 2.45) is 0 Å². The molecule has 0 aliphatic carbocycles. The van der Waals surface area contributed by atoms with Gasteiger partial charge in [0.25, 0.3) is 0 Å². The van der Waals surface area contributed by atoms with Gasteiger partial charge in [-0.25, -0.2) is 9.78 Å². The van der Waals surface area contributed by atoms with E-state index in [9.17, 15) is 4.79 Å². The SMILES string of the molecule is COC(=O)c1cnc(Cc2ccc(I)cc2)[nH]1. The van der Waals surface area contributed by atoms with Crippen LogP contribution in [0.2, 0.25) is 0 Å². The third kappa shape index (κ3) is 3.06. The zero-order valence-corrected chi connectivity index (χ0v) is 11.4. The molecule has 0 unspecified atom stereocenters. The minimum absolute atomic E-state index is 0.382. The summed E-state index contributed by atoms with van der Waals surface area (Å²) < 4.78 is 5.80. The fourth-order valence-electron chi connectivity index (χ4n) is 1.46. The minimum Gasteiger partial charge on any atom is -0.464 e. The highest BCUT2D eigenvalue weighted by atomic mass is 127. The molecule has 4 nitrogen and oxygen atoms in total. The van der Waals surface area contributed by atoms with Crippen LogP contribution >= 0.6 is 22.6 Å². The number of halogens is 1. The normalized spacial score (nSPS) is 10.2. The monoisotopic (exact) mass is 342 g/mol. The second-order valence-electron chi connectivity index (χ2n) is 3.54. The Morgan fingerprint density at radius 2 is 2.12 bits per heavy atom. The molecule has 2 aromatic rings. The van der Waals surface area contributed by atoms with Crippen LogP contribution < -0.4 is 0 Å². The molecule has 5 heteroatoms. The molecule has 0 spiro atoms. The number of imidazole rings is 1. The summed E-state index contributed by atoms with van der Waals surface area (Å²) in [4.78, 5) is 18.3. The Bertz CT molecular complexity index is 520. The Hall–Kier alpha value is -1.37. The molecule has 0 radical (unpaired) electrons. The first-order chi connectivity index (χ1) is 8.19. The van der Waals surface area contributed by atoms with Crippen LogP contribution in [0.4, 0.5) is 0 Å². The first-order valence-corrected chi connectivity index (χ1v) is 6.13. The van der Waals surface area contributed by atoms with Crippen molar-refractivity contribution in [2.75, 3.05) is 7.11 Å². The summed E-state index contributed by atoms with van der Waals surface area (Å²) in [5.74, 6) is 0.359. The van der Waals surface area contributed by atoms with Crippen molar-refractivity contribution in [3.63, 3.8) is 0 Å². The van der Waals surface area contributed by atoms with E-state index in [0.717, 1.165) is 11.4 Å². The number of nitrogens with zero attached hydrogens (tertiary/aromatic N) is 1. The number of aromatic amines is 1. The maximum absolute atomic E-state index is 11.2. The van der Waals surface area contributed by atoms with Crippen molar-refractivity contribution < 1.29 is 9.53 Å². The fourth-order valence-corrected chi connectivity index (χ4v) is 1.82. The van der Waals surface area contributed by atoms with E-state index >= 15 is 0 Å². The Labute approximate surface area is 113 Å². The molecule has 0 amide bonds.